The number of halogens is 1. The second-order valence-corrected chi connectivity index (χ2v) is 7.00. The predicted molar refractivity (Wildman–Crippen MR) is 106 cm³/mol. The molecule has 0 atom stereocenters. The van der Waals surface area contributed by atoms with Gasteiger partial charge in [0.05, 0.1) is 0 Å². The number of carbonyl (C=O) groups is 1. The average Bonchev–Trinajstić information content (AvgIpc) is 2.67. The van der Waals surface area contributed by atoms with Crippen molar-refractivity contribution in [3.8, 4) is 0 Å². The van der Waals surface area contributed by atoms with Crippen LogP contribution in [0.15, 0.2) is 42.6 Å². The van der Waals surface area contributed by atoms with Gasteiger partial charge in [-0.25, -0.2) is 9.78 Å². The van der Waals surface area contributed by atoms with E-state index in [0.717, 1.165) is 36.5 Å². The molecule has 1 aliphatic rings. The molecule has 2 aromatic rings. The summed E-state index contributed by atoms with van der Waals surface area (Å²) < 4.78 is 0. The zero-order chi connectivity index (χ0) is 18.2. The topological polar surface area (TPSA) is 57.3 Å². The van der Waals surface area contributed by atoms with Crippen molar-refractivity contribution < 1.29 is 4.79 Å². The van der Waals surface area contributed by atoms with Gasteiger partial charge >= 0.3 is 6.03 Å². The zero-order valence-corrected chi connectivity index (χ0v) is 15.6. The normalized spacial score (nSPS) is 14.1. The van der Waals surface area contributed by atoms with Crippen LogP contribution in [0.5, 0.6) is 0 Å². The van der Waals surface area contributed by atoms with E-state index in [2.05, 4.69) is 26.6 Å². The van der Waals surface area contributed by atoms with Gasteiger partial charge in [0, 0.05) is 37.4 Å². The van der Waals surface area contributed by atoms with E-state index in [1.165, 1.54) is 19.3 Å². The third-order valence-corrected chi connectivity index (χ3v) is 4.77. The van der Waals surface area contributed by atoms with Gasteiger partial charge in [0.1, 0.15) is 5.82 Å². The van der Waals surface area contributed by atoms with Crippen molar-refractivity contribution in [3.63, 3.8) is 0 Å². The van der Waals surface area contributed by atoms with Gasteiger partial charge in [-0.3, -0.25) is 0 Å². The number of carbonyl (C=O) groups excluding carboxylic acids is 1. The highest BCUT2D eigenvalue weighted by atomic mass is 35.5. The van der Waals surface area contributed by atoms with Crippen molar-refractivity contribution >= 4 is 23.4 Å². The number of rotatable bonds is 6. The van der Waals surface area contributed by atoms with E-state index in [4.69, 9.17) is 11.6 Å². The summed E-state index contributed by atoms with van der Waals surface area (Å²) in [6, 6.07) is 11.5. The number of hydrogen-bond acceptors (Lipinski definition) is 3. The molecule has 0 radical (unpaired) electrons. The van der Waals surface area contributed by atoms with Crippen LogP contribution in [0.25, 0.3) is 0 Å². The number of aromatic nitrogens is 1. The highest BCUT2D eigenvalue weighted by Crippen LogP contribution is 2.18. The maximum absolute atomic E-state index is 12.0. The first-order valence-corrected chi connectivity index (χ1v) is 9.54. The second kappa shape index (κ2) is 9.43. The van der Waals surface area contributed by atoms with Crippen LogP contribution in [-0.2, 0) is 13.0 Å². The van der Waals surface area contributed by atoms with Crippen LogP contribution in [0.3, 0.4) is 0 Å². The van der Waals surface area contributed by atoms with Gasteiger partial charge in [-0.2, -0.15) is 0 Å². The fraction of sp³-hybridized carbons (Fsp3) is 0.400. The van der Waals surface area contributed by atoms with Gasteiger partial charge in [0.15, 0.2) is 0 Å². The zero-order valence-electron chi connectivity index (χ0n) is 14.9. The minimum atomic E-state index is -0.164. The predicted octanol–water partition coefficient (Wildman–Crippen LogP) is 3.77. The summed E-state index contributed by atoms with van der Waals surface area (Å²) >= 11 is 5.96. The number of hydrogen-bond donors (Lipinski definition) is 2. The molecule has 2 N–H and O–H groups in total. The Hall–Kier alpha value is -2.27. The van der Waals surface area contributed by atoms with Crippen molar-refractivity contribution in [1.29, 1.82) is 0 Å². The smallest absolute Gasteiger partial charge is 0.315 e. The Morgan fingerprint density at radius 1 is 1.08 bits per heavy atom. The molecule has 6 heteroatoms. The summed E-state index contributed by atoms with van der Waals surface area (Å²) in [4.78, 5) is 18.8. The molecule has 2 heterocycles. The van der Waals surface area contributed by atoms with Gasteiger partial charge in [0.2, 0.25) is 0 Å². The molecule has 1 fully saturated rings. The van der Waals surface area contributed by atoms with Crippen LogP contribution >= 0.6 is 11.6 Å². The van der Waals surface area contributed by atoms with Crippen LogP contribution in [0.1, 0.15) is 30.4 Å². The molecule has 2 amide bonds. The number of anilines is 1. The minimum Gasteiger partial charge on any atom is -0.357 e. The van der Waals surface area contributed by atoms with Crippen LogP contribution in [0, 0.1) is 0 Å². The molecule has 0 bridgehead atoms. The van der Waals surface area contributed by atoms with E-state index in [1.807, 2.05) is 36.5 Å². The van der Waals surface area contributed by atoms with E-state index in [0.29, 0.717) is 18.1 Å². The highest BCUT2D eigenvalue weighted by molar-refractivity contribution is 6.30. The molecule has 1 aromatic carbocycles. The summed E-state index contributed by atoms with van der Waals surface area (Å²) in [5, 5.41) is 6.50. The number of urea groups is 1. The first kappa shape index (κ1) is 18.5. The molecule has 138 valence electrons. The number of nitrogens with zero attached hydrogens (tertiary/aromatic N) is 2. The lowest BCUT2D eigenvalue weighted by Gasteiger charge is -2.27. The Morgan fingerprint density at radius 3 is 2.73 bits per heavy atom. The fourth-order valence-corrected chi connectivity index (χ4v) is 3.34. The Kier molecular flexibility index (Phi) is 6.72. The van der Waals surface area contributed by atoms with Crippen molar-refractivity contribution in [2.75, 3.05) is 24.5 Å². The highest BCUT2D eigenvalue weighted by Gasteiger charge is 2.12. The van der Waals surface area contributed by atoms with Crippen LogP contribution in [0.2, 0.25) is 5.02 Å². The van der Waals surface area contributed by atoms with Crippen molar-refractivity contribution in [3.05, 3.63) is 58.7 Å². The molecular weight excluding hydrogens is 348 g/mol. The summed E-state index contributed by atoms with van der Waals surface area (Å²) in [6.07, 6.45) is 6.31. The number of pyridine rings is 1. The first-order valence-electron chi connectivity index (χ1n) is 9.17. The van der Waals surface area contributed by atoms with Crippen molar-refractivity contribution in [2.24, 2.45) is 0 Å². The van der Waals surface area contributed by atoms with Gasteiger partial charge in [-0.15, -0.1) is 0 Å². The maximum atomic E-state index is 12.0. The van der Waals surface area contributed by atoms with Crippen LogP contribution in [-0.4, -0.2) is 30.6 Å². The van der Waals surface area contributed by atoms with Crippen LogP contribution < -0.4 is 15.5 Å². The van der Waals surface area contributed by atoms with Gasteiger partial charge in [-0.1, -0.05) is 23.7 Å². The van der Waals surface area contributed by atoms with Crippen LogP contribution in [0.4, 0.5) is 10.6 Å². The van der Waals surface area contributed by atoms with E-state index >= 15 is 0 Å². The third-order valence-electron chi connectivity index (χ3n) is 4.53. The van der Waals surface area contributed by atoms with Crippen molar-refractivity contribution in [2.45, 2.75) is 32.2 Å². The minimum absolute atomic E-state index is 0.164. The molecular formula is C20H25ClN4O. The molecule has 0 saturated carbocycles. The van der Waals surface area contributed by atoms with E-state index in [-0.39, 0.29) is 6.03 Å². The van der Waals surface area contributed by atoms with Gasteiger partial charge in [0.25, 0.3) is 0 Å². The number of benzene rings is 1. The summed E-state index contributed by atoms with van der Waals surface area (Å²) in [5.74, 6) is 1.00. The Labute approximate surface area is 159 Å². The standard InChI is InChI=1S/C20H25ClN4O/c21-18-6-4-5-16(13-18)7-10-23-20(26)24-15-17-8-9-22-19(14-17)25-11-2-1-3-12-25/h4-6,8-9,13-14H,1-3,7,10-12,15H2,(H2,23,24,26). The quantitative estimate of drug-likeness (QED) is 0.811. The lowest BCUT2D eigenvalue weighted by atomic mass is 10.1. The third kappa shape index (κ3) is 5.63. The number of amides is 2. The molecule has 3 rings (SSSR count). The molecule has 26 heavy (non-hydrogen) atoms. The summed E-state index contributed by atoms with van der Waals surface area (Å²) in [7, 11) is 0. The van der Waals surface area contributed by atoms with E-state index in [9.17, 15) is 4.79 Å². The Morgan fingerprint density at radius 2 is 1.92 bits per heavy atom. The molecule has 0 spiro atoms. The molecule has 1 saturated heterocycles. The van der Waals surface area contributed by atoms with E-state index < -0.39 is 0 Å². The summed E-state index contributed by atoms with van der Waals surface area (Å²) in [6.45, 7) is 3.19. The second-order valence-electron chi connectivity index (χ2n) is 6.56. The maximum Gasteiger partial charge on any atom is 0.315 e. The summed E-state index contributed by atoms with van der Waals surface area (Å²) in [5.41, 5.74) is 2.17. The lowest BCUT2D eigenvalue weighted by Crippen LogP contribution is -2.36. The largest absolute Gasteiger partial charge is 0.357 e. The molecule has 5 nitrogen and oxygen atoms in total. The Balaban J connectivity index is 1.42. The van der Waals surface area contributed by atoms with Crippen molar-refractivity contribution in [1.82, 2.24) is 15.6 Å². The van der Waals surface area contributed by atoms with Gasteiger partial charge in [-0.05, 0) is 61.1 Å². The van der Waals surface area contributed by atoms with E-state index in [1.54, 1.807) is 0 Å². The molecule has 1 aromatic heterocycles. The number of nitrogens with one attached hydrogen (secondary N) is 2. The Bertz CT molecular complexity index is 731. The first-order chi connectivity index (χ1) is 12.7. The van der Waals surface area contributed by atoms with Gasteiger partial charge < -0.3 is 15.5 Å². The SMILES string of the molecule is O=C(NCCc1cccc(Cl)c1)NCc1ccnc(N2CCCCC2)c1. The monoisotopic (exact) mass is 372 g/mol. The molecule has 1 aliphatic heterocycles. The average molecular weight is 373 g/mol. The molecule has 0 unspecified atom stereocenters. The number of piperidine rings is 1. The lowest BCUT2D eigenvalue weighted by molar-refractivity contribution is 0.240. The fourth-order valence-electron chi connectivity index (χ4n) is 3.12. The molecule has 0 aliphatic carbocycles.